The van der Waals surface area contributed by atoms with E-state index in [4.69, 9.17) is 4.84 Å². The average Bonchev–Trinajstić information content (AvgIpc) is 3.09. The van der Waals surface area contributed by atoms with E-state index in [0.717, 1.165) is 17.2 Å². The van der Waals surface area contributed by atoms with Gasteiger partial charge in [-0.1, -0.05) is 0 Å². The molecule has 2 aromatic rings. The minimum atomic E-state index is -2.51. The molecule has 9 nitrogen and oxygen atoms in total. The van der Waals surface area contributed by atoms with Gasteiger partial charge in [-0.3, -0.25) is 14.3 Å². The van der Waals surface area contributed by atoms with Crippen LogP contribution in [0.2, 0.25) is 0 Å². The van der Waals surface area contributed by atoms with Crippen molar-refractivity contribution in [2.45, 2.75) is 32.0 Å². The van der Waals surface area contributed by atoms with E-state index >= 15 is 0 Å². The number of hydroxylamine groups is 2. The monoisotopic (exact) mass is 548 g/mol. The molecule has 1 aromatic carbocycles. The number of anilines is 1. The molecule has 4 rings (SSSR count). The smallest absolute Gasteiger partial charge is 0.320 e. The lowest BCUT2D eigenvalue weighted by Gasteiger charge is -2.27. The first-order chi connectivity index (χ1) is 16.2. The van der Waals surface area contributed by atoms with Gasteiger partial charge >= 0.3 is 6.03 Å². The third kappa shape index (κ3) is 4.88. The summed E-state index contributed by atoms with van der Waals surface area (Å²) in [5, 5.41) is 10.5. The van der Waals surface area contributed by atoms with E-state index in [2.05, 4.69) is 31.7 Å². The van der Waals surface area contributed by atoms with Crippen molar-refractivity contribution in [3.63, 3.8) is 0 Å². The molecule has 3 heterocycles. The largest absolute Gasteiger partial charge is 0.322 e. The number of amides is 3. The van der Waals surface area contributed by atoms with Gasteiger partial charge in [-0.05, 0) is 28.1 Å². The summed E-state index contributed by atoms with van der Waals surface area (Å²) < 4.78 is 53.7. The molecule has 3 amide bonds. The van der Waals surface area contributed by atoms with Crippen LogP contribution in [0.3, 0.4) is 0 Å². The Kier molecular flexibility index (Phi) is 7.09. The lowest BCUT2D eigenvalue weighted by Crippen LogP contribution is -2.40. The van der Waals surface area contributed by atoms with Gasteiger partial charge in [0.25, 0.3) is 12.3 Å². The Morgan fingerprint density at radius 2 is 2.12 bits per heavy atom. The fraction of sp³-hybridized carbons (Fsp3) is 0.450. The molecule has 0 saturated heterocycles. The van der Waals surface area contributed by atoms with E-state index in [1.165, 1.54) is 16.6 Å². The Morgan fingerprint density at radius 3 is 2.85 bits per heavy atom. The van der Waals surface area contributed by atoms with E-state index in [1.807, 2.05) is 0 Å². The number of hydrogen-bond acceptors (Lipinski definition) is 5. The maximum Gasteiger partial charge on any atom is 0.322 e. The zero-order chi connectivity index (χ0) is 24.6. The predicted molar refractivity (Wildman–Crippen MR) is 115 cm³/mol. The first-order valence-corrected chi connectivity index (χ1v) is 11.2. The number of nitrogens with one attached hydrogen (secondary N) is 2. The molecule has 0 saturated carbocycles. The summed E-state index contributed by atoms with van der Waals surface area (Å²) in [5.41, 5.74) is 1.21. The van der Waals surface area contributed by atoms with Crippen molar-refractivity contribution in [2.24, 2.45) is 0 Å². The molecule has 2 aliphatic heterocycles. The Morgan fingerprint density at radius 1 is 1.35 bits per heavy atom. The summed E-state index contributed by atoms with van der Waals surface area (Å²) in [6.45, 7) is 0.0255. The number of hydrogen-bond donors (Lipinski definition) is 2. The average molecular weight is 549 g/mol. The second-order valence-electron chi connectivity index (χ2n) is 7.86. The normalized spacial score (nSPS) is 18.1. The standard InChI is InChI=1S/C20H21BrF4N6O3/c1-29-19(32)18-11-9-30(20(33)27-14-3-2-12(22)16(21)17(14)25)5-4-13(11)28-31(18)8-10(34-29)6-26-7-15(23)24/h2-3,10,15,26H,4-9H2,1H3,(H,27,33)/t10-/m1/s1. The van der Waals surface area contributed by atoms with Crippen LogP contribution in [-0.2, 0) is 24.3 Å². The van der Waals surface area contributed by atoms with Gasteiger partial charge in [0, 0.05) is 32.1 Å². The molecule has 1 aromatic heterocycles. The van der Waals surface area contributed by atoms with Gasteiger partial charge in [-0.25, -0.2) is 27.4 Å². The first kappa shape index (κ1) is 24.4. The third-order valence-corrected chi connectivity index (χ3v) is 6.24. The van der Waals surface area contributed by atoms with Crippen LogP contribution >= 0.6 is 15.9 Å². The van der Waals surface area contributed by atoms with E-state index in [0.29, 0.717) is 17.7 Å². The molecule has 0 radical (unpaired) electrons. The maximum absolute atomic E-state index is 14.3. The fourth-order valence-electron chi connectivity index (χ4n) is 3.89. The minimum absolute atomic E-state index is 0.0361. The number of urea groups is 1. The second kappa shape index (κ2) is 9.88. The number of carbonyl (C=O) groups is 2. The summed E-state index contributed by atoms with van der Waals surface area (Å²) in [7, 11) is 1.42. The number of rotatable bonds is 5. The van der Waals surface area contributed by atoms with Gasteiger partial charge in [0.2, 0.25) is 0 Å². The topological polar surface area (TPSA) is 91.7 Å². The van der Waals surface area contributed by atoms with Crippen LogP contribution in [0.4, 0.5) is 28.0 Å². The van der Waals surface area contributed by atoms with Crippen molar-refractivity contribution in [1.29, 1.82) is 0 Å². The van der Waals surface area contributed by atoms with Gasteiger partial charge in [0.05, 0.1) is 35.5 Å². The molecule has 0 spiro atoms. The lowest BCUT2D eigenvalue weighted by molar-refractivity contribution is -0.146. The predicted octanol–water partition coefficient (Wildman–Crippen LogP) is 2.75. The van der Waals surface area contributed by atoms with Crippen molar-refractivity contribution in [2.75, 3.05) is 32.0 Å². The van der Waals surface area contributed by atoms with Gasteiger partial charge in [-0.15, -0.1) is 0 Å². The van der Waals surface area contributed by atoms with E-state index in [-0.39, 0.29) is 42.0 Å². The van der Waals surface area contributed by atoms with Crippen molar-refractivity contribution in [1.82, 2.24) is 25.1 Å². The van der Waals surface area contributed by atoms with Gasteiger partial charge in [-0.2, -0.15) is 5.10 Å². The summed E-state index contributed by atoms with van der Waals surface area (Å²) in [4.78, 5) is 32.7. The van der Waals surface area contributed by atoms with Gasteiger partial charge in [0.15, 0.2) is 5.82 Å². The number of fused-ring (bicyclic) bond motifs is 3. The van der Waals surface area contributed by atoms with E-state index in [9.17, 15) is 27.2 Å². The summed E-state index contributed by atoms with van der Waals surface area (Å²) in [5.74, 6) is -2.22. The SMILES string of the molecule is CN1O[C@H](CNCC(F)F)Cn2nc3c(c2C1=O)CN(C(=O)Nc1ccc(F)c(Br)c1F)CC3. The fourth-order valence-corrected chi connectivity index (χ4v) is 4.24. The van der Waals surface area contributed by atoms with Crippen LogP contribution in [0, 0.1) is 11.6 Å². The van der Waals surface area contributed by atoms with Crippen molar-refractivity contribution < 1.29 is 32.0 Å². The third-order valence-electron chi connectivity index (χ3n) is 5.51. The second-order valence-corrected chi connectivity index (χ2v) is 8.65. The minimum Gasteiger partial charge on any atom is -0.320 e. The van der Waals surface area contributed by atoms with Crippen LogP contribution in [0.15, 0.2) is 16.6 Å². The number of alkyl halides is 2. The molecule has 0 bridgehead atoms. The van der Waals surface area contributed by atoms with Crippen molar-refractivity contribution >= 4 is 33.6 Å². The molecule has 1 atom stereocenters. The molecule has 2 aliphatic rings. The molecular weight excluding hydrogens is 528 g/mol. The highest BCUT2D eigenvalue weighted by molar-refractivity contribution is 9.10. The Hall–Kier alpha value is -2.71. The maximum atomic E-state index is 14.3. The highest BCUT2D eigenvalue weighted by Crippen LogP contribution is 2.28. The highest BCUT2D eigenvalue weighted by Gasteiger charge is 2.35. The Balaban J connectivity index is 1.52. The molecular formula is C20H21BrF4N6O3. The Labute approximate surface area is 200 Å². The molecule has 2 N–H and O–H groups in total. The number of aromatic nitrogens is 2. The lowest BCUT2D eigenvalue weighted by atomic mass is 10.1. The van der Waals surface area contributed by atoms with Gasteiger partial charge < -0.3 is 15.5 Å². The van der Waals surface area contributed by atoms with Crippen molar-refractivity contribution in [3.8, 4) is 0 Å². The van der Waals surface area contributed by atoms with Crippen LogP contribution in [-0.4, -0.2) is 70.9 Å². The number of carbonyl (C=O) groups excluding carboxylic acids is 2. The number of nitrogens with zero attached hydrogens (tertiary/aromatic N) is 4. The van der Waals surface area contributed by atoms with E-state index < -0.39 is 42.6 Å². The number of halogens is 5. The van der Waals surface area contributed by atoms with Crippen LogP contribution < -0.4 is 10.6 Å². The van der Waals surface area contributed by atoms with E-state index in [1.54, 1.807) is 0 Å². The molecule has 0 unspecified atom stereocenters. The molecule has 34 heavy (non-hydrogen) atoms. The molecule has 14 heteroatoms. The molecule has 0 aliphatic carbocycles. The quantitative estimate of drug-likeness (QED) is 0.443. The zero-order valence-electron chi connectivity index (χ0n) is 18.0. The van der Waals surface area contributed by atoms with Crippen LogP contribution in [0.5, 0.6) is 0 Å². The summed E-state index contributed by atoms with van der Waals surface area (Å²) in [6, 6.07) is 1.52. The van der Waals surface area contributed by atoms with Gasteiger partial charge in [0.1, 0.15) is 17.6 Å². The summed E-state index contributed by atoms with van der Waals surface area (Å²) >= 11 is 2.80. The molecule has 184 valence electrons. The van der Waals surface area contributed by atoms with Crippen molar-refractivity contribution in [3.05, 3.63) is 45.2 Å². The van der Waals surface area contributed by atoms with Crippen LogP contribution in [0.25, 0.3) is 0 Å². The first-order valence-electron chi connectivity index (χ1n) is 10.4. The number of benzene rings is 1. The van der Waals surface area contributed by atoms with Crippen LogP contribution in [0.1, 0.15) is 21.7 Å². The zero-order valence-corrected chi connectivity index (χ0v) is 19.5. The summed E-state index contributed by atoms with van der Waals surface area (Å²) in [6.07, 6.45) is -2.78. The molecule has 0 fully saturated rings. The highest BCUT2D eigenvalue weighted by atomic mass is 79.9. The Bertz CT molecular complexity index is 1110.